The van der Waals surface area contributed by atoms with E-state index in [0.29, 0.717) is 6.42 Å². The summed E-state index contributed by atoms with van der Waals surface area (Å²) in [6.07, 6.45) is 9.71. The molecule has 0 bridgehead atoms. The Labute approximate surface area is 212 Å². The lowest BCUT2D eigenvalue weighted by molar-refractivity contribution is -0.173. The minimum atomic E-state index is -1.30. The van der Waals surface area contributed by atoms with Crippen LogP contribution in [0.15, 0.2) is 60.7 Å². The molecule has 0 spiro atoms. The van der Waals surface area contributed by atoms with Crippen molar-refractivity contribution in [3.8, 4) is 0 Å². The number of unbranched alkanes of at least 4 members (excludes halogenated alkanes) is 7. The molecule has 0 aliphatic heterocycles. The van der Waals surface area contributed by atoms with Crippen molar-refractivity contribution < 1.29 is 19.1 Å². The van der Waals surface area contributed by atoms with Gasteiger partial charge in [0.1, 0.15) is 13.2 Å². The first-order valence-electron chi connectivity index (χ1n) is 12.0. The van der Waals surface area contributed by atoms with Crippen LogP contribution < -0.4 is 0 Å². The molecule has 0 aliphatic carbocycles. The quantitative estimate of drug-likeness (QED) is 0.0700. The number of ether oxygens (including phenoxy) is 2. The summed E-state index contributed by atoms with van der Waals surface area (Å²) >= 11 is 2.43. The maximum Gasteiger partial charge on any atom is 0.323 e. The Bertz CT molecular complexity index is 752. The van der Waals surface area contributed by atoms with Crippen molar-refractivity contribution in [2.24, 2.45) is 5.41 Å². The van der Waals surface area contributed by atoms with Gasteiger partial charge in [0.25, 0.3) is 0 Å². The standard InChI is InChI=1S/C28H37IO4/c1-28(20-14-6-4-2-3-5-7-15-21-29,26(30)32-22-24-16-10-8-11-17-24)27(31)33-23-25-18-12-9-13-19-25/h8-13,16-19H,2-7,14-15,20-23H2,1H3. The van der Waals surface area contributed by atoms with Crippen LogP contribution >= 0.6 is 22.6 Å². The molecule has 33 heavy (non-hydrogen) atoms. The molecule has 0 fully saturated rings. The van der Waals surface area contributed by atoms with E-state index >= 15 is 0 Å². The largest absolute Gasteiger partial charge is 0.460 e. The first kappa shape index (κ1) is 27.4. The first-order chi connectivity index (χ1) is 16.1. The van der Waals surface area contributed by atoms with Crippen LogP contribution in [0.25, 0.3) is 0 Å². The van der Waals surface area contributed by atoms with Gasteiger partial charge in [-0.1, -0.05) is 128 Å². The molecule has 0 N–H and O–H groups in total. The van der Waals surface area contributed by atoms with Crippen molar-refractivity contribution in [3.05, 3.63) is 71.8 Å². The lowest BCUT2D eigenvalue weighted by atomic mass is 9.84. The smallest absolute Gasteiger partial charge is 0.323 e. The molecule has 0 radical (unpaired) electrons. The fraction of sp³-hybridized carbons (Fsp3) is 0.500. The summed E-state index contributed by atoms with van der Waals surface area (Å²) < 4.78 is 12.4. The van der Waals surface area contributed by atoms with E-state index in [1.807, 2.05) is 60.7 Å². The molecular formula is C28H37IO4. The Hall–Kier alpha value is -1.89. The molecular weight excluding hydrogens is 527 g/mol. The van der Waals surface area contributed by atoms with Gasteiger partial charge in [-0.2, -0.15) is 0 Å². The van der Waals surface area contributed by atoms with E-state index < -0.39 is 17.4 Å². The minimum Gasteiger partial charge on any atom is -0.460 e. The third kappa shape index (κ3) is 10.3. The number of halogens is 1. The molecule has 0 atom stereocenters. The average molecular weight is 565 g/mol. The maximum absolute atomic E-state index is 13.0. The van der Waals surface area contributed by atoms with Crippen molar-refractivity contribution in [2.75, 3.05) is 4.43 Å². The van der Waals surface area contributed by atoms with Crippen LogP contribution in [0.5, 0.6) is 0 Å². The molecule has 0 saturated carbocycles. The SMILES string of the molecule is CC(CCCCCCCCCCI)(C(=O)OCc1ccccc1)C(=O)OCc1ccccc1. The second-order valence-electron chi connectivity index (χ2n) is 8.72. The van der Waals surface area contributed by atoms with Crippen molar-refractivity contribution in [2.45, 2.75) is 77.9 Å². The maximum atomic E-state index is 13.0. The van der Waals surface area contributed by atoms with Crippen LogP contribution in [-0.2, 0) is 32.3 Å². The molecule has 2 aromatic rings. The van der Waals surface area contributed by atoms with Gasteiger partial charge in [-0.25, -0.2) is 0 Å². The first-order valence-corrected chi connectivity index (χ1v) is 13.6. The zero-order chi connectivity index (χ0) is 23.8. The second-order valence-corrected chi connectivity index (χ2v) is 9.80. The molecule has 2 aromatic carbocycles. The molecule has 0 unspecified atom stereocenters. The molecule has 0 saturated heterocycles. The molecule has 180 valence electrons. The van der Waals surface area contributed by atoms with Gasteiger partial charge < -0.3 is 9.47 Å². The number of hydrogen-bond donors (Lipinski definition) is 0. The van der Waals surface area contributed by atoms with Crippen LogP contribution in [0.2, 0.25) is 0 Å². The molecule has 0 aliphatic rings. The van der Waals surface area contributed by atoms with Crippen LogP contribution in [0.1, 0.15) is 75.8 Å². The van der Waals surface area contributed by atoms with Gasteiger partial charge in [-0.15, -0.1) is 0 Å². The summed E-state index contributed by atoms with van der Waals surface area (Å²) in [5.41, 5.74) is 0.492. The third-order valence-electron chi connectivity index (χ3n) is 5.89. The monoisotopic (exact) mass is 564 g/mol. The summed E-state index contributed by atoms with van der Waals surface area (Å²) in [7, 11) is 0. The van der Waals surface area contributed by atoms with Gasteiger partial charge in [0, 0.05) is 0 Å². The Kier molecular flexibility index (Phi) is 13.1. The van der Waals surface area contributed by atoms with Crippen molar-refractivity contribution in [1.82, 2.24) is 0 Å². The Morgan fingerprint density at radius 1 is 0.667 bits per heavy atom. The molecule has 0 heterocycles. The van der Waals surface area contributed by atoms with E-state index in [-0.39, 0.29) is 13.2 Å². The topological polar surface area (TPSA) is 52.6 Å². The Balaban J connectivity index is 1.88. The zero-order valence-corrected chi connectivity index (χ0v) is 21.9. The van der Waals surface area contributed by atoms with Crippen LogP contribution in [0.4, 0.5) is 0 Å². The van der Waals surface area contributed by atoms with Gasteiger partial charge in [-0.05, 0) is 35.3 Å². The number of alkyl halides is 1. The van der Waals surface area contributed by atoms with Gasteiger partial charge in [0.05, 0.1) is 0 Å². The van der Waals surface area contributed by atoms with E-state index in [9.17, 15) is 9.59 Å². The van der Waals surface area contributed by atoms with E-state index in [1.165, 1.54) is 36.5 Å². The lowest BCUT2D eigenvalue weighted by Gasteiger charge is -2.25. The van der Waals surface area contributed by atoms with E-state index in [4.69, 9.17) is 9.47 Å². The lowest BCUT2D eigenvalue weighted by Crippen LogP contribution is -2.39. The summed E-state index contributed by atoms with van der Waals surface area (Å²) in [6.45, 7) is 1.97. The van der Waals surface area contributed by atoms with Crippen molar-refractivity contribution in [3.63, 3.8) is 0 Å². The minimum absolute atomic E-state index is 0.151. The van der Waals surface area contributed by atoms with Gasteiger partial charge in [0.2, 0.25) is 0 Å². The fourth-order valence-corrected chi connectivity index (χ4v) is 4.23. The predicted octanol–water partition coefficient (Wildman–Crippen LogP) is 7.43. The van der Waals surface area contributed by atoms with Crippen molar-refractivity contribution >= 4 is 34.5 Å². The van der Waals surface area contributed by atoms with Gasteiger partial charge in [-0.3, -0.25) is 9.59 Å². The number of rotatable bonds is 16. The summed E-state index contributed by atoms with van der Waals surface area (Å²) in [5, 5.41) is 0. The predicted molar refractivity (Wildman–Crippen MR) is 141 cm³/mol. The molecule has 0 aromatic heterocycles. The summed E-state index contributed by atoms with van der Waals surface area (Å²) in [5.74, 6) is -1.02. The number of carbonyl (C=O) groups is 2. The van der Waals surface area contributed by atoms with E-state index in [0.717, 1.165) is 30.4 Å². The van der Waals surface area contributed by atoms with Crippen LogP contribution in [0, 0.1) is 5.41 Å². The normalized spacial score (nSPS) is 11.2. The third-order valence-corrected chi connectivity index (χ3v) is 6.65. The number of hydrogen-bond acceptors (Lipinski definition) is 4. The van der Waals surface area contributed by atoms with Crippen LogP contribution in [0.3, 0.4) is 0 Å². The number of benzene rings is 2. The molecule has 4 nitrogen and oxygen atoms in total. The van der Waals surface area contributed by atoms with Crippen LogP contribution in [-0.4, -0.2) is 16.4 Å². The molecule has 5 heteroatoms. The number of esters is 2. The zero-order valence-electron chi connectivity index (χ0n) is 19.8. The number of carbonyl (C=O) groups excluding carboxylic acids is 2. The Morgan fingerprint density at radius 2 is 1.06 bits per heavy atom. The highest BCUT2D eigenvalue weighted by atomic mass is 127. The van der Waals surface area contributed by atoms with Crippen molar-refractivity contribution in [1.29, 1.82) is 0 Å². The van der Waals surface area contributed by atoms with E-state index in [1.54, 1.807) is 6.92 Å². The highest BCUT2D eigenvalue weighted by Gasteiger charge is 2.44. The summed E-state index contributed by atoms with van der Waals surface area (Å²) in [4.78, 5) is 26.1. The highest BCUT2D eigenvalue weighted by molar-refractivity contribution is 14.1. The average Bonchev–Trinajstić information content (AvgIpc) is 2.85. The van der Waals surface area contributed by atoms with Gasteiger partial charge in [0.15, 0.2) is 5.41 Å². The fourth-order valence-electron chi connectivity index (χ4n) is 3.69. The summed E-state index contributed by atoms with van der Waals surface area (Å²) in [6, 6.07) is 19.0. The van der Waals surface area contributed by atoms with Gasteiger partial charge >= 0.3 is 11.9 Å². The second kappa shape index (κ2) is 15.9. The van der Waals surface area contributed by atoms with E-state index in [2.05, 4.69) is 22.6 Å². The Morgan fingerprint density at radius 3 is 1.48 bits per heavy atom. The molecule has 0 amide bonds. The highest BCUT2D eigenvalue weighted by Crippen LogP contribution is 2.30. The molecule has 2 rings (SSSR count).